The fourth-order valence-corrected chi connectivity index (χ4v) is 5.12. The Morgan fingerprint density at radius 1 is 1.33 bits per heavy atom. The highest BCUT2D eigenvalue weighted by atomic mass is 32.2. The van der Waals surface area contributed by atoms with E-state index in [-0.39, 0.29) is 17.7 Å². The van der Waals surface area contributed by atoms with Crippen LogP contribution in [0.3, 0.4) is 0 Å². The largest absolute Gasteiger partial charge is 0.302 e. The Labute approximate surface area is 125 Å². The van der Waals surface area contributed by atoms with Crippen molar-refractivity contribution in [3.05, 3.63) is 0 Å². The lowest BCUT2D eigenvalue weighted by molar-refractivity contribution is -0.131. The van der Waals surface area contributed by atoms with Gasteiger partial charge in [0.05, 0.1) is 0 Å². The summed E-state index contributed by atoms with van der Waals surface area (Å²) in [6.07, 6.45) is 1.60. The molecule has 0 aromatic rings. The summed E-state index contributed by atoms with van der Waals surface area (Å²) >= 11 is 0. The van der Waals surface area contributed by atoms with Crippen LogP contribution in [0.5, 0.6) is 0 Å². The summed E-state index contributed by atoms with van der Waals surface area (Å²) in [6, 6.07) is 0. The van der Waals surface area contributed by atoms with E-state index in [4.69, 9.17) is 0 Å². The molecule has 2 aliphatic heterocycles. The second-order valence-electron chi connectivity index (χ2n) is 6.46. The zero-order valence-corrected chi connectivity index (χ0v) is 13.7. The van der Waals surface area contributed by atoms with E-state index in [1.54, 1.807) is 11.9 Å². The van der Waals surface area contributed by atoms with Gasteiger partial charge >= 0.3 is 0 Å². The molecule has 0 radical (unpaired) electrons. The topological polar surface area (TPSA) is 73.3 Å². The van der Waals surface area contributed by atoms with Crippen molar-refractivity contribution in [2.45, 2.75) is 25.3 Å². The van der Waals surface area contributed by atoms with E-state index in [1.807, 2.05) is 6.92 Å². The molecule has 2 fully saturated rings. The molecule has 1 saturated heterocycles. The average Bonchev–Trinajstić information content (AvgIpc) is 3.03. The summed E-state index contributed by atoms with van der Waals surface area (Å²) in [5.41, 5.74) is -0.722. The molecule has 0 N–H and O–H groups in total. The highest BCUT2D eigenvalue weighted by Crippen LogP contribution is 2.50. The van der Waals surface area contributed by atoms with Crippen LogP contribution in [-0.2, 0) is 15.0 Å². The van der Waals surface area contributed by atoms with Gasteiger partial charge in [0, 0.05) is 40.2 Å². The van der Waals surface area contributed by atoms with E-state index >= 15 is 0 Å². The molecular weight excluding hydrogens is 292 g/mol. The number of rotatable bonds is 2. The third kappa shape index (κ3) is 1.89. The molecule has 3 aliphatic rings. The zero-order chi connectivity index (χ0) is 15.6. The number of nitrogens with zero attached hydrogens (tertiary/aromatic N) is 4. The molecule has 3 rings (SSSR count). The molecule has 0 aromatic heterocycles. The highest BCUT2D eigenvalue weighted by molar-refractivity contribution is 7.86. The summed E-state index contributed by atoms with van der Waals surface area (Å²) in [7, 11) is 1.40. The minimum atomic E-state index is -3.42. The van der Waals surface area contributed by atoms with Gasteiger partial charge in [-0.25, -0.2) is 0 Å². The van der Waals surface area contributed by atoms with Gasteiger partial charge < -0.3 is 4.90 Å². The maximum absolute atomic E-state index is 12.6. The zero-order valence-electron chi connectivity index (χ0n) is 12.9. The maximum Gasteiger partial charge on any atom is 0.281 e. The van der Waals surface area contributed by atoms with Gasteiger partial charge in [0.25, 0.3) is 16.1 Å². The lowest BCUT2D eigenvalue weighted by atomic mass is 9.85. The number of hydrogen-bond donors (Lipinski definition) is 0. The Kier molecular flexibility index (Phi) is 3.20. The van der Waals surface area contributed by atoms with Crippen LogP contribution in [0.4, 0.5) is 0 Å². The molecule has 1 aliphatic carbocycles. The molecule has 21 heavy (non-hydrogen) atoms. The monoisotopic (exact) mass is 314 g/mol. The first-order valence-corrected chi connectivity index (χ1v) is 8.62. The number of hydrogen-bond acceptors (Lipinski definition) is 4. The number of amides is 1. The Bertz CT molecular complexity index is 615. The predicted octanol–water partition coefficient (Wildman–Crippen LogP) is -0.236. The molecule has 0 unspecified atom stereocenters. The average molecular weight is 314 g/mol. The van der Waals surface area contributed by atoms with Gasteiger partial charge in [-0.05, 0) is 25.7 Å². The number of aliphatic imine (C=N–C) groups is 1. The summed E-state index contributed by atoms with van der Waals surface area (Å²) in [4.78, 5) is 18.9. The minimum absolute atomic E-state index is 0.000347. The third-order valence-electron chi connectivity index (χ3n) is 5.23. The van der Waals surface area contributed by atoms with E-state index in [1.165, 1.54) is 22.7 Å². The first kappa shape index (κ1) is 14.9. The van der Waals surface area contributed by atoms with Crippen LogP contribution in [0.15, 0.2) is 4.99 Å². The van der Waals surface area contributed by atoms with Crippen molar-refractivity contribution in [3.8, 4) is 0 Å². The van der Waals surface area contributed by atoms with Crippen molar-refractivity contribution < 1.29 is 13.2 Å². The summed E-state index contributed by atoms with van der Waals surface area (Å²) < 4.78 is 27.3. The van der Waals surface area contributed by atoms with Crippen LogP contribution < -0.4 is 0 Å². The smallest absolute Gasteiger partial charge is 0.281 e. The van der Waals surface area contributed by atoms with Crippen molar-refractivity contribution in [3.63, 3.8) is 0 Å². The summed E-state index contributed by atoms with van der Waals surface area (Å²) in [5, 5.41) is 0. The number of carbonyl (C=O) groups is 1. The molecular formula is C13H22N4O3S. The lowest BCUT2D eigenvalue weighted by Crippen LogP contribution is -2.46. The molecule has 3 atom stereocenters. The van der Waals surface area contributed by atoms with Crippen LogP contribution in [-0.4, -0.2) is 73.4 Å². The Morgan fingerprint density at radius 3 is 2.52 bits per heavy atom. The van der Waals surface area contributed by atoms with E-state index in [2.05, 4.69) is 4.99 Å². The predicted molar refractivity (Wildman–Crippen MR) is 79.0 cm³/mol. The first-order valence-electron chi connectivity index (χ1n) is 7.22. The van der Waals surface area contributed by atoms with Crippen LogP contribution >= 0.6 is 0 Å². The molecule has 0 bridgehead atoms. The molecule has 0 aromatic carbocycles. The van der Waals surface area contributed by atoms with Crippen LogP contribution in [0.2, 0.25) is 0 Å². The van der Waals surface area contributed by atoms with Gasteiger partial charge in [-0.3, -0.25) is 9.79 Å². The van der Waals surface area contributed by atoms with Crippen molar-refractivity contribution in [2.75, 3.05) is 34.2 Å². The Morgan fingerprint density at radius 2 is 2.00 bits per heavy atom. The quantitative estimate of drug-likeness (QED) is 0.706. The Balaban J connectivity index is 1.91. The van der Waals surface area contributed by atoms with Crippen molar-refractivity contribution in [1.82, 2.24) is 13.5 Å². The fourth-order valence-electron chi connectivity index (χ4n) is 3.93. The van der Waals surface area contributed by atoms with Gasteiger partial charge in [-0.15, -0.1) is 0 Å². The van der Waals surface area contributed by atoms with Gasteiger partial charge in [-0.1, -0.05) is 0 Å². The van der Waals surface area contributed by atoms with E-state index in [9.17, 15) is 13.2 Å². The van der Waals surface area contributed by atoms with Gasteiger partial charge in [0.1, 0.15) is 11.4 Å². The number of fused-ring (bicyclic) bond motifs is 2. The molecule has 1 saturated carbocycles. The SMILES string of the molecule is CC1=N[C@]2(CC[C@H]3CN(S(=O)(=O)N(C)C)C[C@H]32)C(=O)N1C. The fraction of sp³-hybridized carbons (Fsp3) is 0.846. The molecule has 118 valence electrons. The molecule has 2 heterocycles. The lowest BCUT2D eigenvalue weighted by Gasteiger charge is -2.27. The Hall–Kier alpha value is -0.990. The second-order valence-corrected chi connectivity index (χ2v) is 8.60. The van der Waals surface area contributed by atoms with E-state index in [0.717, 1.165) is 18.7 Å². The van der Waals surface area contributed by atoms with E-state index < -0.39 is 15.7 Å². The van der Waals surface area contributed by atoms with Gasteiger partial charge in [0.2, 0.25) is 0 Å². The summed E-state index contributed by atoms with van der Waals surface area (Å²) in [6.45, 7) is 2.73. The first-order chi connectivity index (χ1) is 9.70. The standard InChI is InChI=1S/C13H22N4O3S/c1-9-14-13(12(18)16(9)4)6-5-10-7-17(8-11(10)13)21(19,20)15(2)3/h10-11H,5-8H2,1-4H3/t10-,11+,13-/m0/s1. The van der Waals surface area contributed by atoms with Gasteiger partial charge in [0.15, 0.2) is 0 Å². The summed E-state index contributed by atoms with van der Waals surface area (Å²) in [5.74, 6) is 0.984. The normalized spacial score (nSPS) is 36.9. The minimum Gasteiger partial charge on any atom is -0.302 e. The van der Waals surface area contributed by atoms with Crippen LogP contribution in [0, 0.1) is 11.8 Å². The van der Waals surface area contributed by atoms with Crippen molar-refractivity contribution in [2.24, 2.45) is 16.8 Å². The third-order valence-corrected chi connectivity index (χ3v) is 7.10. The molecule has 7 nitrogen and oxygen atoms in total. The second kappa shape index (κ2) is 4.50. The highest BCUT2D eigenvalue weighted by Gasteiger charge is 2.61. The number of likely N-dealkylation sites (N-methyl/N-ethyl adjacent to an activating group) is 1. The molecule has 1 amide bonds. The number of amidine groups is 1. The molecule has 8 heteroatoms. The van der Waals surface area contributed by atoms with Crippen molar-refractivity contribution >= 4 is 22.0 Å². The van der Waals surface area contributed by atoms with Crippen LogP contribution in [0.25, 0.3) is 0 Å². The maximum atomic E-state index is 12.6. The van der Waals surface area contributed by atoms with E-state index in [0.29, 0.717) is 13.1 Å². The molecule has 1 spiro atoms. The number of carbonyl (C=O) groups excluding carboxylic acids is 1. The van der Waals surface area contributed by atoms with Crippen molar-refractivity contribution in [1.29, 1.82) is 0 Å². The van der Waals surface area contributed by atoms with Gasteiger partial charge in [-0.2, -0.15) is 17.0 Å². The van der Waals surface area contributed by atoms with Crippen LogP contribution in [0.1, 0.15) is 19.8 Å².